The molecule has 0 saturated heterocycles. The van der Waals surface area contributed by atoms with Crippen LogP contribution in [0.2, 0.25) is 5.15 Å². The summed E-state index contributed by atoms with van der Waals surface area (Å²) in [4.78, 5) is 3.68. The number of nitrogens with zero attached hydrogens (tertiary/aromatic N) is 1. The summed E-state index contributed by atoms with van der Waals surface area (Å²) in [6.07, 6.45) is 1.55. The Bertz CT molecular complexity index is 241. The molecule has 0 spiro atoms. The third kappa shape index (κ3) is 1.41. The number of pyridine rings is 1. The van der Waals surface area contributed by atoms with Gasteiger partial charge in [-0.1, -0.05) is 27.5 Å². The van der Waals surface area contributed by atoms with Crippen LogP contribution in [0.4, 0.5) is 0 Å². The van der Waals surface area contributed by atoms with Crippen molar-refractivity contribution in [2.75, 3.05) is 0 Å². The molecule has 0 aliphatic carbocycles. The fourth-order valence-corrected chi connectivity index (χ4v) is 1.20. The predicted octanol–water partition coefficient (Wildman–Crippen LogP) is 2.34. The molecule has 1 aromatic heterocycles. The van der Waals surface area contributed by atoms with Crippen molar-refractivity contribution >= 4 is 27.5 Å². The van der Waals surface area contributed by atoms with Gasteiger partial charge in [-0.3, -0.25) is 0 Å². The van der Waals surface area contributed by atoms with E-state index in [1.54, 1.807) is 12.3 Å². The van der Waals surface area contributed by atoms with E-state index in [-0.39, 0.29) is 10.9 Å². The van der Waals surface area contributed by atoms with E-state index in [1.807, 2.05) is 0 Å². The molecule has 1 N–H and O–H groups in total. The summed E-state index contributed by atoms with van der Waals surface area (Å²) >= 11 is 8.71. The van der Waals surface area contributed by atoms with Crippen LogP contribution in [0.3, 0.4) is 0 Å². The molecule has 2 nitrogen and oxygen atoms in total. The van der Waals surface area contributed by atoms with Crippen molar-refractivity contribution in [2.24, 2.45) is 0 Å². The average Bonchev–Trinajstić information content (AvgIpc) is 1.95. The Kier molecular flexibility index (Phi) is 2.51. The minimum atomic E-state index is 0.0565. The third-order valence-corrected chi connectivity index (χ3v) is 1.99. The lowest BCUT2D eigenvalue weighted by molar-refractivity contribution is 0.468. The fraction of sp³-hybridized carbons (Fsp3) is 0.167. The minimum Gasteiger partial charge on any atom is -0.504 e. The average molecular weight is 222 g/mol. The molecule has 0 bridgehead atoms. The van der Waals surface area contributed by atoms with E-state index in [1.165, 1.54) is 0 Å². The molecule has 0 aliphatic rings. The first kappa shape index (κ1) is 7.82. The molecule has 1 aromatic rings. The van der Waals surface area contributed by atoms with Crippen LogP contribution in [-0.2, 0) is 5.33 Å². The van der Waals surface area contributed by atoms with Crippen LogP contribution < -0.4 is 0 Å². The van der Waals surface area contributed by atoms with Crippen molar-refractivity contribution < 1.29 is 5.11 Å². The fourth-order valence-electron chi connectivity index (χ4n) is 0.573. The lowest BCUT2D eigenvalue weighted by Crippen LogP contribution is -1.82. The summed E-state index contributed by atoms with van der Waals surface area (Å²) in [5.41, 5.74) is 0.750. The van der Waals surface area contributed by atoms with Crippen LogP contribution in [0, 0.1) is 0 Å². The molecule has 0 aromatic carbocycles. The summed E-state index contributed by atoms with van der Waals surface area (Å²) in [5, 5.41) is 9.91. The number of halogens is 2. The number of rotatable bonds is 1. The van der Waals surface area contributed by atoms with Gasteiger partial charge in [0.05, 0.1) is 0 Å². The van der Waals surface area contributed by atoms with Crippen LogP contribution >= 0.6 is 27.5 Å². The van der Waals surface area contributed by atoms with E-state index < -0.39 is 0 Å². The van der Waals surface area contributed by atoms with Crippen LogP contribution in [-0.4, -0.2) is 10.1 Å². The van der Waals surface area contributed by atoms with Gasteiger partial charge < -0.3 is 5.11 Å². The summed E-state index contributed by atoms with van der Waals surface area (Å²) in [7, 11) is 0. The van der Waals surface area contributed by atoms with E-state index in [0.29, 0.717) is 5.33 Å². The Labute approximate surface area is 72.0 Å². The highest BCUT2D eigenvalue weighted by Crippen LogP contribution is 2.25. The second kappa shape index (κ2) is 3.21. The first-order valence-electron chi connectivity index (χ1n) is 2.64. The zero-order valence-electron chi connectivity index (χ0n) is 5.01. The second-order valence-corrected chi connectivity index (χ2v) is 2.66. The molecule has 0 amide bonds. The Hall–Kier alpha value is -0.280. The van der Waals surface area contributed by atoms with Crippen LogP contribution in [0.15, 0.2) is 12.3 Å². The van der Waals surface area contributed by atoms with E-state index in [2.05, 4.69) is 20.9 Å². The van der Waals surface area contributed by atoms with Crippen molar-refractivity contribution in [2.45, 2.75) is 5.33 Å². The molecule has 0 radical (unpaired) electrons. The molecular formula is C6H5BrClNO. The molecule has 0 atom stereocenters. The molecule has 1 heterocycles. The first-order chi connectivity index (χ1) is 4.75. The highest BCUT2D eigenvalue weighted by atomic mass is 79.9. The SMILES string of the molecule is Oc1c(CBr)ccnc1Cl. The largest absolute Gasteiger partial charge is 0.504 e. The number of hydrogen-bond donors (Lipinski definition) is 1. The van der Waals surface area contributed by atoms with Crippen molar-refractivity contribution in [3.8, 4) is 5.75 Å². The number of alkyl halides is 1. The zero-order valence-corrected chi connectivity index (χ0v) is 7.35. The van der Waals surface area contributed by atoms with Gasteiger partial charge in [0, 0.05) is 17.1 Å². The maximum absolute atomic E-state index is 9.17. The molecule has 0 aliphatic heterocycles. The third-order valence-electron chi connectivity index (χ3n) is 1.11. The van der Waals surface area contributed by atoms with Crippen molar-refractivity contribution in [3.63, 3.8) is 0 Å². The monoisotopic (exact) mass is 221 g/mol. The maximum Gasteiger partial charge on any atom is 0.171 e. The standard InChI is InChI=1S/C6H5BrClNO/c7-3-4-1-2-9-6(8)5(4)10/h1-2,10H,3H2. The van der Waals surface area contributed by atoms with Crippen molar-refractivity contribution in [1.82, 2.24) is 4.98 Å². The van der Waals surface area contributed by atoms with Gasteiger partial charge in [-0.05, 0) is 6.07 Å². The summed E-state index contributed by atoms with van der Waals surface area (Å²) in [5.74, 6) is 0.0565. The van der Waals surface area contributed by atoms with Crippen LogP contribution in [0.1, 0.15) is 5.56 Å². The first-order valence-corrected chi connectivity index (χ1v) is 4.14. The molecule has 0 unspecified atom stereocenters. The van der Waals surface area contributed by atoms with E-state index in [0.717, 1.165) is 5.56 Å². The lowest BCUT2D eigenvalue weighted by Gasteiger charge is -1.99. The van der Waals surface area contributed by atoms with Gasteiger partial charge in [0.25, 0.3) is 0 Å². The predicted molar refractivity (Wildman–Crippen MR) is 43.5 cm³/mol. The number of aromatic hydroxyl groups is 1. The van der Waals surface area contributed by atoms with Crippen LogP contribution in [0.25, 0.3) is 0 Å². The van der Waals surface area contributed by atoms with Gasteiger partial charge in [0.2, 0.25) is 0 Å². The molecule has 0 saturated carbocycles. The normalized spacial score (nSPS) is 9.80. The van der Waals surface area contributed by atoms with Gasteiger partial charge in [0.15, 0.2) is 10.9 Å². The number of hydrogen-bond acceptors (Lipinski definition) is 2. The van der Waals surface area contributed by atoms with E-state index in [9.17, 15) is 5.11 Å². The zero-order chi connectivity index (χ0) is 7.56. The summed E-state index contributed by atoms with van der Waals surface area (Å²) in [6.45, 7) is 0. The summed E-state index contributed by atoms with van der Waals surface area (Å²) < 4.78 is 0. The minimum absolute atomic E-state index is 0.0565. The van der Waals surface area contributed by atoms with Crippen molar-refractivity contribution in [3.05, 3.63) is 23.0 Å². The highest BCUT2D eigenvalue weighted by molar-refractivity contribution is 9.08. The molecule has 10 heavy (non-hydrogen) atoms. The topological polar surface area (TPSA) is 33.1 Å². The van der Waals surface area contributed by atoms with E-state index >= 15 is 0 Å². The quantitative estimate of drug-likeness (QED) is 0.584. The molecule has 54 valence electrons. The molecular weight excluding hydrogens is 217 g/mol. The van der Waals surface area contributed by atoms with E-state index in [4.69, 9.17) is 11.6 Å². The molecule has 0 fully saturated rings. The van der Waals surface area contributed by atoms with Crippen LogP contribution in [0.5, 0.6) is 5.75 Å². The molecule has 1 rings (SSSR count). The van der Waals surface area contributed by atoms with Gasteiger partial charge in [-0.2, -0.15) is 0 Å². The second-order valence-electron chi connectivity index (χ2n) is 1.74. The van der Waals surface area contributed by atoms with Crippen molar-refractivity contribution in [1.29, 1.82) is 0 Å². The maximum atomic E-state index is 9.17. The Morgan fingerprint density at radius 3 is 2.90 bits per heavy atom. The van der Waals surface area contributed by atoms with Gasteiger partial charge in [0.1, 0.15) is 0 Å². The van der Waals surface area contributed by atoms with Gasteiger partial charge >= 0.3 is 0 Å². The number of aromatic nitrogens is 1. The molecule has 4 heteroatoms. The Balaban J connectivity index is 3.14. The summed E-state index contributed by atoms with van der Waals surface area (Å²) in [6, 6.07) is 1.70. The lowest BCUT2D eigenvalue weighted by atomic mass is 10.3. The Morgan fingerprint density at radius 1 is 1.70 bits per heavy atom. The van der Waals surface area contributed by atoms with Gasteiger partial charge in [-0.15, -0.1) is 0 Å². The van der Waals surface area contributed by atoms with Gasteiger partial charge in [-0.25, -0.2) is 4.98 Å². The Morgan fingerprint density at radius 2 is 2.40 bits per heavy atom. The smallest absolute Gasteiger partial charge is 0.171 e. The highest BCUT2D eigenvalue weighted by Gasteiger charge is 2.03.